The molecule has 0 spiro atoms. The minimum atomic E-state index is 0.353. The second-order valence-electron chi connectivity index (χ2n) is 5.39. The van der Waals surface area contributed by atoms with Crippen molar-refractivity contribution in [3.8, 4) is 0 Å². The van der Waals surface area contributed by atoms with E-state index in [1.807, 2.05) is 4.68 Å². The number of hydrogen-bond acceptors (Lipinski definition) is 2. The molecule has 1 rings (SSSR count). The molecule has 2 atom stereocenters. The summed E-state index contributed by atoms with van der Waals surface area (Å²) < 4.78 is 2.04. The Kier molecular flexibility index (Phi) is 6.16. The van der Waals surface area contributed by atoms with Gasteiger partial charge in [-0.25, -0.2) is 0 Å². The standard InChI is InChI=1S/C14H26ClN3/c1-6-7-16-8-11(4)12(5)14-13(15)9-17-18(14)10(2)3/h9-12,16H,6-8H2,1-5H3. The summed E-state index contributed by atoms with van der Waals surface area (Å²) in [5.41, 5.74) is 1.16. The molecule has 0 aliphatic carbocycles. The van der Waals surface area contributed by atoms with Crippen LogP contribution in [0.1, 0.15) is 58.7 Å². The zero-order chi connectivity index (χ0) is 13.7. The van der Waals surface area contributed by atoms with E-state index >= 15 is 0 Å². The van der Waals surface area contributed by atoms with Crippen molar-refractivity contribution in [2.45, 2.75) is 53.0 Å². The van der Waals surface area contributed by atoms with E-state index in [4.69, 9.17) is 11.6 Å². The van der Waals surface area contributed by atoms with Crippen LogP contribution in [0.15, 0.2) is 6.20 Å². The monoisotopic (exact) mass is 271 g/mol. The van der Waals surface area contributed by atoms with Crippen LogP contribution < -0.4 is 5.32 Å². The maximum absolute atomic E-state index is 6.29. The molecular formula is C14H26ClN3. The number of nitrogens with zero attached hydrogens (tertiary/aromatic N) is 2. The Balaban J connectivity index is 2.76. The van der Waals surface area contributed by atoms with Crippen molar-refractivity contribution >= 4 is 11.6 Å². The van der Waals surface area contributed by atoms with Crippen LogP contribution in [0.5, 0.6) is 0 Å². The molecular weight excluding hydrogens is 246 g/mol. The molecule has 18 heavy (non-hydrogen) atoms. The third-order valence-corrected chi connectivity index (χ3v) is 3.75. The van der Waals surface area contributed by atoms with Crippen LogP contribution in [-0.4, -0.2) is 22.9 Å². The molecule has 0 radical (unpaired) electrons. The lowest BCUT2D eigenvalue weighted by Crippen LogP contribution is -2.26. The molecule has 0 saturated heterocycles. The maximum atomic E-state index is 6.29. The van der Waals surface area contributed by atoms with E-state index in [0.717, 1.165) is 23.8 Å². The molecule has 1 aromatic rings. The van der Waals surface area contributed by atoms with Gasteiger partial charge in [0, 0.05) is 12.0 Å². The van der Waals surface area contributed by atoms with Crippen molar-refractivity contribution < 1.29 is 0 Å². The summed E-state index contributed by atoms with van der Waals surface area (Å²) in [7, 11) is 0. The lowest BCUT2D eigenvalue weighted by atomic mass is 9.92. The third-order valence-electron chi connectivity index (χ3n) is 3.45. The largest absolute Gasteiger partial charge is 0.316 e. The summed E-state index contributed by atoms with van der Waals surface area (Å²) in [6.07, 6.45) is 2.94. The van der Waals surface area contributed by atoms with Gasteiger partial charge in [-0.3, -0.25) is 4.68 Å². The van der Waals surface area contributed by atoms with Crippen LogP contribution in [0, 0.1) is 5.92 Å². The Labute approximate surface area is 116 Å². The van der Waals surface area contributed by atoms with E-state index in [1.54, 1.807) is 6.20 Å². The summed E-state index contributed by atoms with van der Waals surface area (Å²) >= 11 is 6.29. The van der Waals surface area contributed by atoms with E-state index in [0.29, 0.717) is 17.9 Å². The molecule has 0 amide bonds. The summed E-state index contributed by atoms with van der Waals surface area (Å²) in [5, 5.41) is 8.64. The average molecular weight is 272 g/mol. The highest BCUT2D eigenvalue weighted by atomic mass is 35.5. The van der Waals surface area contributed by atoms with Gasteiger partial charge in [0.15, 0.2) is 0 Å². The van der Waals surface area contributed by atoms with Gasteiger partial charge in [0.05, 0.1) is 16.9 Å². The molecule has 1 N–H and O–H groups in total. The third kappa shape index (κ3) is 3.72. The molecule has 0 aromatic carbocycles. The number of aromatic nitrogens is 2. The molecule has 3 nitrogen and oxygen atoms in total. The molecule has 0 saturated carbocycles. The molecule has 0 aliphatic heterocycles. The minimum absolute atomic E-state index is 0.353. The zero-order valence-electron chi connectivity index (χ0n) is 12.2. The van der Waals surface area contributed by atoms with Gasteiger partial charge in [-0.05, 0) is 39.3 Å². The Morgan fingerprint density at radius 3 is 2.56 bits per heavy atom. The molecule has 104 valence electrons. The topological polar surface area (TPSA) is 29.9 Å². The summed E-state index contributed by atoms with van der Waals surface area (Å²) in [6.45, 7) is 13.1. The highest BCUT2D eigenvalue weighted by molar-refractivity contribution is 6.31. The zero-order valence-corrected chi connectivity index (χ0v) is 13.0. The number of hydrogen-bond donors (Lipinski definition) is 1. The molecule has 0 fully saturated rings. The van der Waals surface area contributed by atoms with Crippen LogP contribution in [0.4, 0.5) is 0 Å². The van der Waals surface area contributed by atoms with Crippen molar-refractivity contribution in [2.75, 3.05) is 13.1 Å². The van der Waals surface area contributed by atoms with Gasteiger partial charge in [0.1, 0.15) is 0 Å². The molecule has 4 heteroatoms. The first kappa shape index (κ1) is 15.5. The van der Waals surface area contributed by atoms with Crippen molar-refractivity contribution in [1.82, 2.24) is 15.1 Å². The molecule has 2 unspecified atom stereocenters. The highest BCUT2D eigenvalue weighted by Gasteiger charge is 2.22. The quantitative estimate of drug-likeness (QED) is 0.764. The predicted molar refractivity (Wildman–Crippen MR) is 78.4 cm³/mol. The molecule has 0 bridgehead atoms. The first-order chi connectivity index (χ1) is 8.49. The van der Waals surface area contributed by atoms with Gasteiger partial charge in [-0.1, -0.05) is 32.4 Å². The van der Waals surface area contributed by atoms with E-state index < -0.39 is 0 Å². The summed E-state index contributed by atoms with van der Waals surface area (Å²) in [5.74, 6) is 0.954. The Hall–Kier alpha value is -0.540. The van der Waals surface area contributed by atoms with E-state index in [-0.39, 0.29) is 0 Å². The summed E-state index contributed by atoms with van der Waals surface area (Å²) in [4.78, 5) is 0. The van der Waals surface area contributed by atoms with Crippen LogP contribution in [0.25, 0.3) is 0 Å². The smallest absolute Gasteiger partial charge is 0.0820 e. The highest BCUT2D eigenvalue weighted by Crippen LogP contribution is 2.31. The molecule has 1 heterocycles. The Morgan fingerprint density at radius 2 is 2.00 bits per heavy atom. The van der Waals surface area contributed by atoms with Gasteiger partial charge in [0.25, 0.3) is 0 Å². The second-order valence-corrected chi connectivity index (χ2v) is 5.79. The lowest BCUT2D eigenvalue weighted by molar-refractivity contribution is 0.407. The summed E-state index contributed by atoms with van der Waals surface area (Å²) in [6, 6.07) is 0.353. The first-order valence-corrected chi connectivity index (χ1v) is 7.30. The van der Waals surface area contributed by atoms with Gasteiger partial charge < -0.3 is 5.32 Å². The maximum Gasteiger partial charge on any atom is 0.0820 e. The van der Waals surface area contributed by atoms with Gasteiger partial charge >= 0.3 is 0 Å². The average Bonchev–Trinajstić information content (AvgIpc) is 2.70. The minimum Gasteiger partial charge on any atom is -0.316 e. The molecule has 1 aromatic heterocycles. The fourth-order valence-electron chi connectivity index (χ4n) is 2.14. The lowest BCUT2D eigenvalue weighted by Gasteiger charge is -2.23. The van der Waals surface area contributed by atoms with Crippen molar-refractivity contribution in [3.05, 3.63) is 16.9 Å². The van der Waals surface area contributed by atoms with Gasteiger partial charge in [-0.15, -0.1) is 0 Å². The fourth-order valence-corrected chi connectivity index (χ4v) is 2.44. The van der Waals surface area contributed by atoms with Crippen LogP contribution in [0.3, 0.4) is 0 Å². The van der Waals surface area contributed by atoms with Gasteiger partial charge in [0.2, 0.25) is 0 Å². The normalized spacial score (nSPS) is 15.1. The Bertz CT molecular complexity index is 360. The van der Waals surface area contributed by atoms with Crippen molar-refractivity contribution in [2.24, 2.45) is 5.92 Å². The van der Waals surface area contributed by atoms with Crippen LogP contribution in [-0.2, 0) is 0 Å². The van der Waals surface area contributed by atoms with Crippen molar-refractivity contribution in [1.29, 1.82) is 0 Å². The van der Waals surface area contributed by atoms with Crippen LogP contribution >= 0.6 is 11.6 Å². The van der Waals surface area contributed by atoms with E-state index in [2.05, 4.69) is 45.0 Å². The number of halogens is 1. The van der Waals surface area contributed by atoms with E-state index in [1.165, 1.54) is 6.42 Å². The number of nitrogens with one attached hydrogen (secondary N) is 1. The fraction of sp³-hybridized carbons (Fsp3) is 0.786. The first-order valence-electron chi connectivity index (χ1n) is 6.92. The molecule has 0 aliphatic rings. The van der Waals surface area contributed by atoms with Gasteiger partial charge in [-0.2, -0.15) is 5.10 Å². The van der Waals surface area contributed by atoms with Crippen molar-refractivity contribution in [3.63, 3.8) is 0 Å². The van der Waals surface area contributed by atoms with E-state index in [9.17, 15) is 0 Å². The predicted octanol–water partition coefficient (Wildman–Crippen LogP) is 3.86. The van der Waals surface area contributed by atoms with Crippen LogP contribution in [0.2, 0.25) is 5.02 Å². The second kappa shape index (κ2) is 7.15. The number of rotatable bonds is 7. The SMILES string of the molecule is CCCNCC(C)C(C)c1c(Cl)cnn1C(C)C. The Morgan fingerprint density at radius 1 is 1.33 bits per heavy atom.